The molecular weight excluding hydrogens is 270 g/mol. The third-order valence-corrected chi connectivity index (χ3v) is 4.45. The Morgan fingerprint density at radius 1 is 1.17 bits per heavy atom. The third-order valence-electron chi connectivity index (χ3n) is 2.27. The maximum Gasteiger partial charge on any atom is 0.267 e. The van der Waals surface area contributed by atoms with Gasteiger partial charge in [-0.15, -0.1) is 11.3 Å². The van der Waals surface area contributed by atoms with Gasteiger partial charge < -0.3 is 5.32 Å². The number of carbonyl (C=O) groups is 1. The minimum atomic E-state index is -3.38. The molecular formula is C12H11NO3S2. The minimum Gasteiger partial charge on any atom is -0.321 e. The number of carbonyl (C=O) groups excluding carboxylic acids is 1. The molecule has 0 aliphatic rings. The first kappa shape index (κ1) is 12.8. The summed E-state index contributed by atoms with van der Waals surface area (Å²) in [4.78, 5) is 12.3. The summed E-state index contributed by atoms with van der Waals surface area (Å²) in [6.07, 6.45) is 1.09. The van der Waals surface area contributed by atoms with Crippen molar-refractivity contribution in [2.24, 2.45) is 0 Å². The highest BCUT2D eigenvalue weighted by molar-refractivity contribution is 7.91. The summed E-state index contributed by atoms with van der Waals surface area (Å²) in [5.74, 6) is -0.406. The second kappa shape index (κ2) is 4.91. The van der Waals surface area contributed by atoms with Crippen molar-refractivity contribution in [1.29, 1.82) is 0 Å². The number of thiophene rings is 1. The molecule has 6 heteroatoms. The molecule has 1 heterocycles. The van der Waals surface area contributed by atoms with E-state index in [9.17, 15) is 13.2 Å². The van der Waals surface area contributed by atoms with E-state index < -0.39 is 15.7 Å². The molecule has 18 heavy (non-hydrogen) atoms. The molecule has 1 aromatic carbocycles. The maximum absolute atomic E-state index is 12.0. The van der Waals surface area contributed by atoms with Crippen LogP contribution < -0.4 is 5.32 Å². The lowest BCUT2D eigenvalue weighted by molar-refractivity contribution is 0.102. The molecule has 0 aliphatic carbocycles. The van der Waals surface area contributed by atoms with Gasteiger partial charge in [0.15, 0.2) is 9.84 Å². The van der Waals surface area contributed by atoms with Crippen molar-refractivity contribution in [2.45, 2.75) is 4.90 Å². The van der Waals surface area contributed by atoms with Crippen LogP contribution in [0.15, 0.2) is 46.7 Å². The molecule has 2 rings (SSSR count). The van der Waals surface area contributed by atoms with E-state index in [2.05, 4.69) is 5.32 Å². The summed E-state index contributed by atoms with van der Waals surface area (Å²) < 4.78 is 23.0. The Bertz CT molecular complexity index is 660. The van der Waals surface area contributed by atoms with Gasteiger partial charge in [-0.2, -0.15) is 0 Å². The van der Waals surface area contributed by atoms with Crippen LogP contribution >= 0.6 is 11.3 Å². The van der Waals surface area contributed by atoms with E-state index >= 15 is 0 Å². The molecule has 0 unspecified atom stereocenters. The lowest BCUT2D eigenvalue weighted by Crippen LogP contribution is -2.13. The zero-order valence-electron chi connectivity index (χ0n) is 9.58. The zero-order valence-corrected chi connectivity index (χ0v) is 11.2. The van der Waals surface area contributed by atoms with E-state index in [0.717, 1.165) is 17.6 Å². The predicted octanol–water partition coefficient (Wildman–Crippen LogP) is 2.40. The molecule has 4 nitrogen and oxygen atoms in total. The molecule has 94 valence electrons. The second-order valence-electron chi connectivity index (χ2n) is 3.71. The Labute approximate surface area is 109 Å². The highest BCUT2D eigenvalue weighted by atomic mass is 32.2. The number of sulfone groups is 1. The van der Waals surface area contributed by atoms with Crippen LogP contribution in [0.3, 0.4) is 0 Å². The van der Waals surface area contributed by atoms with Crippen LogP contribution in [0, 0.1) is 0 Å². The van der Waals surface area contributed by atoms with Gasteiger partial charge in [0, 0.05) is 11.9 Å². The van der Waals surface area contributed by atoms with Crippen molar-refractivity contribution in [1.82, 2.24) is 0 Å². The molecule has 0 aliphatic heterocycles. The van der Waals surface area contributed by atoms with Gasteiger partial charge in [-0.25, -0.2) is 8.42 Å². The van der Waals surface area contributed by atoms with Crippen LogP contribution in [0.4, 0.5) is 5.69 Å². The molecule has 1 aromatic heterocycles. The van der Waals surface area contributed by atoms with Crippen molar-refractivity contribution < 1.29 is 13.2 Å². The monoisotopic (exact) mass is 281 g/mol. The van der Waals surface area contributed by atoms with Crippen LogP contribution in [-0.2, 0) is 9.84 Å². The van der Waals surface area contributed by atoms with Crippen molar-refractivity contribution in [3.05, 3.63) is 46.7 Å². The van der Waals surface area contributed by atoms with Crippen molar-refractivity contribution in [3.63, 3.8) is 0 Å². The van der Waals surface area contributed by atoms with Gasteiger partial charge in [0.05, 0.1) is 4.90 Å². The van der Waals surface area contributed by atoms with E-state index in [1.54, 1.807) is 29.6 Å². The molecule has 0 radical (unpaired) electrons. The van der Waals surface area contributed by atoms with Crippen LogP contribution in [0.1, 0.15) is 9.67 Å². The molecule has 0 spiro atoms. The van der Waals surface area contributed by atoms with E-state index in [4.69, 9.17) is 0 Å². The zero-order chi connectivity index (χ0) is 13.2. The number of nitrogens with one attached hydrogen (secondary N) is 1. The fourth-order valence-electron chi connectivity index (χ4n) is 1.46. The topological polar surface area (TPSA) is 63.2 Å². The Hall–Kier alpha value is -1.66. The van der Waals surface area contributed by atoms with Gasteiger partial charge >= 0.3 is 0 Å². The Balaban J connectivity index is 2.28. The number of hydrogen-bond acceptors (Lipinski definition) is 4. The number of amides is 1. The lowest BCUT2D eigenvalue weighted by atomic mass is 10.3. The van der Waals surface area contributed by atoms with Crippen LogP contribution in [0.25, 0.3) is 0 Å². The first-order chi connectivity index (χ1) is 8.48. The fourth-order valence-corrected chi connectivity index (χ4v) is 3.58. The Morgan fingerprint density at radius 3 is 2.44 bits per heavy atom. The average Bonchev–Trinajstić information content (AvgIpc) is 2.79. The quantitative estimate of drug-likeness (QED) is 0.939. The predicted molar refractivity (Wildman–Crippen MR) is 71.8 cm³/mol. The maximum atomic E-state index is 12.0. The molecule has 1 N–H and O–H groups in total. The number of anilines is 1. The summed E-state index contributed by atoms with van der Waals surface area (Å²) in [7, 11) is -3.38. The SMILES string of the molecule is CS(=O)(=O)c1ccsc1C(=O)Nc1ccccc1. The first-order valence-electron chi connectivity index (χ1n) is 5.12. The third kappa shape index (κ3) is 2.77. The molecule has 0 saturated carbocycles. The smallest absolute Gasteiger partial charge is 0.267 e. The molecule has 1 amide bonds. The summed E-state index contributed by atoms with van der Waals surface area (Å²) in [5.41, 5.74) is 0.635. The average molecular weight is 281 g/mol. The van der Waals surface area contributed by atoms with Crippen molar-refractivity contribution in [3.8, 4) is 0 Å². The van der Waals surface area contributed by atoms with E-state index in [0.29, 0.717) is 5.69 Å². The van der Waals surface area contributed by atoms with E-state index in [1.807, 2.05) is 6.07 Å². The highest BCUT2D eigenvalue weighted by Crippen LogP contribution is 2.23. The Kier molecular flexibility index (Phi) is 3.49. The van der Waals surface area contributed by atoms with Gasteiger partial charge in [0.25, 0.3) is 5.91 Å². The summed E-state index contributed by atoms with van der Waals surface area (Å²) in [6.45, 7) is 0. The number of para-hydroxylation sites is 1. The first-order valence-corrected chi connectivity index (χ1v) is 7.89. The summed E-state index contributed by atoms with van der Waals surface area (Å²) in [5, 5.41) is 4.26. The van der Waals surface area contributed by atoms with Gasteiger partial charge in [-0.3, -0.25) is 4.79 Å². The number of hydrogen-bond donors (Lipinski definition) is 1. The van der Waals surface area contributed by atoms with Crippen LogP contribution in [-0.4, -0.2) is 20.6 Å². The number of rotatable bonds is 3. The molecule has 2 aromatic rings. The fraction of sp³-hybridized carbons (Fsp3) is 0.0833. The van der Waals surface area contributed by atoms with Crippen LogP contribution in [0.2, 0.25) is 0 Å². The normalized spacial score (nSPS) is 11.2. The Morgan fingerprint density at radius 2 is 1.83 bits per heavy atom. The standard InChI is InChI=1S/C12H11NO3S2/c1-18(15,16)10-7-8-17-11(10)12(14)13-9-5-3-2-4-6-9/h2-8H,1H3,(H,13,14). The summed E-state index contributed by atoms with van der Waals surface area (Å²) >= 11 is 1.11. The summed E-state index contributed by atoms with van der Waals surface area (Å²) in [6, 6.07) is 10.4. The minimum absolute atomic E-state index is 0.0703. The van der Waals surface area contributed by atoms with Crippen molar-refractivity contribution in [2.75, 3.05) is 11.6 Å². The van der Waals surface area contributed by atoms with E-state index in [1.165, 1.54) is 6.07 Å². The van der Waals surface area contributed by atoms with E-state index in [-0.39, 0.29) is 9.77 Å². The molecule has 0 bridgehead atoms. The van der Waals surface area contributed by atoms with Gasteiger partial charge in [-0.1, -0.05) is 18.2 Å². The molecule has 0 fully saturated rings. The highest BCUT2D eigenvalue weighted by Gasteiger charge is 2.20. The van der Waals surface area contributed by atoms with Gasteiger partial charge in [0.2, 0.25) is 0 Å². The second-order valence-corrected chi connectivity index (χ2v) is 6.61. The largest absolute Gasteiger partial charge is 0.321 e. The molecule has 0 atom stereocenters. The van der Waals surface area contributed by atoms with Crippen LogP contribution in [0.5, 0.6) is 0 Å². The van der Waals surface area contributed by atoms with Gasteiger partial charge in [0.1, 0.15) is 4.88 Å². The molecule has 0 saturated heterocycles. The number of benzene rings is 1. The lowest BCUT2D eigenvalue weighted by Gasteiger charge is -2.04. The van der Waals surface area contributed by atoms with Crippen molar-refractivity contribution >= 4 is 32.8 Å². The van der Waals surface area contributed by atoms with Gasteiger partial charge in [-0.05, 0) is 23.6 Å².